The summed E-state index contributed by atoms with van der Waals surface area (Å²) < 4.78 is 0. The summed E-state index contributed by atoms with van der Waals surface area (Å²) in [7, 11) is 0. The molecule has 0 fully saturated rings. The molecule has 0 saturated heterocycles. The lowest BCUT2D eigenvalue weighted by molar-refractivity contribution is -0.427. The quantitative estimate of drug-likeness (QED) is 0.393. The SMILES string of the molecule is CC([O-])(C#N)C#N. The smallest absolute Gasteiger partial charge is 0.0671 e. The van der Waals surface area contributed by atoms with Gasteiger partial charge in [0.1, 0.15) is 0 Å². The zero-order chi connectivity index (χ0) is 5.91. The summed E-state index contributed by atoms with van der Waals surface area (Å²) in [6, 6.07) is 2.55. The summed E-state index contributed by atoms with van der Waals surface area (Å²) in [5.74, 6) is 0. The van der Waals surface area contributed by atoms with Crippen LogP contribution >= 0.6 is 0 Å². The highest BCUT2D eigenvalue weighted by molar-refractivity contribution is 5.10. The largest absolute Gasteiger partial charge is 0.827 e. The molecule has 36 valence electrons. The Labute approximate surface area is 41.4 Å². The minimum absolute atomic E-state index is 1.02. The molecule has 0 rings (SSSR count). The second kappa shape index (κ2) is 1.59. The molecule has 0 aromatic carbocycles. The summed E-state index contributed by atoms with van der Waals surface area (Å²) >= 11 is 0. The van der Waals surface area contributed by atoms with Crippen LogP contribution in [-0.2, 0) is 0 Å². The van der Waals surface area contributed by atoms with E-state index in [2.05, 4.69) is 0 Å². The van der Waals surface area contributed by atoms with Gasteiger partial charge in [0.05, 0.1) is 17.7 Å². The molecule has 3 nitrogen and oxygen atoms in total. The molecule has 0 aromatic heterocycles. The Morgan fingerprint density at radius 3 is 1.71 bits per heavy atom. The lowest BCUT2D eigenvalue weighted by atomic mass is 10.2. The van der Waals surface area contributed by atoms with Crippen LogP contribution in [0.2, 0.25) is 0 Å². The molecular weight excluding hydrogens is 92.1 g/mol. The average molecular weight is 95.1 g/mol. The minimum Gasteiger partial charge on any atom is -0.827 e. The number of hydrogen-bond donors (Lipinski definition) is 0. The normalized spacial score (nSPS) is 9.14. The van der Waals surface area contributed by atoms with Gasteiger partial charge in [-0.3, -0.25) is 0 Å². The maximum Gasteiger partial charge on any atom is 0.0671 e. The van der Waals surface area contributed by atoms with Crippen LogP contribution in [0.15, 0.2) is 0 Å². The number of nitriles is 2. The average Bonchev–Trinajstić information content (AvgIpc) is 1.68. The molecule has 0 unspecified atom stereocenters. The Bertz CT molecular complexity index is 121. The molecule has 0 saturated carbocycles. The van der Waals surface area contributed by atoms with Crippen molar-refractivity contribution in [1.82, 2.24) is 0 Å². The second-order valence-electron chi connectivity index (χ2n) is 1.26. The second-order valence-corrected chi connectivity index (χ2v) is 1.26. The zero-order valence-corrected chi connectivity index (χ0v) is 3.80. The fourth-order valence-electron chi connectivity index (χ4n) is 0.0250. The van der Waals surface area contributed by atoms with Crippen LogP contribution in [-0.4, -0.2) is 5.60 Å². The van der Waals surface area contributed by atoms with Gasteiger partial charge in [-0.05, 0) is 6.92 Å². The third kappa shape index (κ3) is 1.75. The molecule has 0 spiro atoms. The summed E-state index contributed by atoms with van der Waals surface area (Å²) in [6.45, 7) is 1.02. The first-order valence-electron chi connectivity index (χ1n) is 1.65. The minimum atomic E-state index is -2.06. The van der Waals surface area contributed by atoms with Crippen molar-refractivity contribution in [3.8, 4) is 12.1 Å². The van der Waals surface area contributed by atoms with Crippen molar-refractivity contribution in [3.63, 3.8) is 0 Å². The van der Waals surface area contributed by atoms with Gasteiger partial charge in [-0.2, -0.15) is 10.5 Å². The lowest BCUT2D eigenvalue weighted by Crippen LogP contribution is -2.36. The molecule has 0 amide bonds. The number of nitrogens with zero attached hydrogens (tertiary/aromatic N) is 2. The van der Waals surface area contributed by atoms with Crippen molar-refractivity contribution in [2.24, 2.45) is 0 Å². The molecule has 0 aromatic rings. The third-order valence-electron chi connectivity index (χ3n) is 0.427. The van der Waals surface area contributed by atoms with Crippen molar-refractivity contribution >= 4 is 0 Å². The monoisotopic (exact) mass is 95.0 g/mol. The first-order chi connectivity index (χ1) is 3.12. The van der Waals surface area contributed by atoms with Crippen LogP contribution in [0.4, 0.5) is 0 Å². The van der Waals surface area contributed by atoms with Gasteiger partial charge in [-0.1, -0.05) is 0 Å². The van der Waals surface area contributed by atoms with Crippen LogP contribution in [0.1, 0.15) is 6.92 Å². The first kappa shape index (κ1) is 5.94. The molecule has 0 atom stereocenters. The Morgan fingerprint density at radius 2 is 1.71 bits per heavy atom. The van der Waals surface area contributed by atoms with Crippen LogP contribution in [0.25, 0.3) is 0 Å². The standard InChI is InChI=1S/C4H3N2O/c1-4(7,2-5)3-6/h1H3/q-1. The molecule has 3 heteroatoms. The predicted molar refractivity (Wildman–Crippen MR) is 19.6 cm³/mol. The highest BCUT2D eigenvalue weighted by atomic mass is 16.3. The van der Waals surface area contributed by atoms with Gasteiger partial charge in [0.2, 0.25) is 0 Å². The highest BCUT2D eigenvalue weighted by Crippen LogP contribution is 1.88. The van der Waals surface area contributed by atoms with Crippen molar-refractivity contribution in [2.45, 2.75) is 12.5 Å². The summed E-state index contributed by atoms with van der Waals surface area (Å²) in [6.07, 6.45) is 0. The topological polar surface area (TPSA) is 70.6 Å². The van der Waals surface area contributed by atoms with Gasteiger partial charge < -0.3 is 5.11 Å². The van der Waals surface area contributed by atoms with Crippen molar-refractivity contribution < 1.29 is 5.11 Å². The van der Waals surface area contributed by atoms with E-state index in [4.69, 9.17) is 10.5 Å². The van der Waals surface area contributed by atoms with E-state index in [-0.39, 0.29) is 0 Å². The van der Waals surface area contributed by atoms with E-state index in [0.717, 1.165) is 6.92 Å². The number of hydrogen-bond acceptors (Lipinski definition) is 3. The van der Waals surface area contributed by atoms with E-state index in [0.29, 0.717) is 0 Å². The Balaban J connectivity index is 4.00. The van der Waals surface area contributed by atoms with Gasteiger partial charge in [0.25, 0.3) is 0 Å². The molecular formula is C4H3N2O-. The molecule has 7 heavy (non-hydrogen) atoms. The van der Waals surface area contributed by atoms with E-state index >= 15 is 0 Å². The Hall–Kier alpha value is -1.06. The fourth-order valence-corrected chi connectivity index (χ4v) is 0.0250. The van der Waals surface area contributed by atoms with Crippen molar-refractivity contribution in [3.05, 3.63) is 0 Å². The van der Waals surface area contributed by atoms with Crippen molar-refractivity contribution in [2.75, 3.05) is 0 Å². The summed E-state index contributed by atoms with van der Waals surface area (Å²) in [4.78, 5) is 0. The molecule has 0 bridgehead atoms. The van der Waals surface area contributed by atoms with Gasteiger partial charge in [-0.25, -0.2) is 0 Å². The van der Waals surface area contributed by atoms with E-state index in [1.165, 1.54) is 12.1 Å². The Kier molecular flexibility index (Phi) is 1.35. The van der Waals surface area contributed by atoms with Crippen LogP contribution < -0.4 is 5.11 Å². The zero-order valence-electron chi connectivity index (χ0n) is 3.80. The van der Waals surface area contributed by atoms with E-state index < -0.39 is 5.60 Å². The van der Waals surface area contributed by atoms with Gasteiger partial charge in [0.15, 0.2) is 0 Å². The predicted octanol–water partition coefficient (Wildman–Crippen LogP) is -0.847. The molecule has 0 radical (unpaired) electrons. The van der Waals surface area contributed by atoms with Gasteiger partial charge >= 0.3 is 0 Å². The maximum atomic E-state index is 10.1. The maximum absolute atomic E-state index is 10.1. The van der Waals surface area contributed by atoms with Crippen LogP contribution in [0.3, 0.4) is 0 Å². The fraction of sp³-hybridized carbons (Fsp3) is 0.500. The van der Waals surface area contributed by atoms with Crippen LogP contribution in [0, 0.1) is 22.7 Å². The van der Waals surface area contributed by atoms with Gasteiger partial charge in [0, 0.05) is 0 Å². The molecule has 0 aliphatic carbocycles. The highest BCUT2D eigenvalue weighted by Gasteiger charge is 2.02. The first-order valence-corrected chi connectivity index (χ1v) is 1.65. The molecule has 0 N–H and O–H groups in total. The summed E-state index contributed by atoms with van der Waals surface area (Å²) in [5, 5.41) is 25.7. The van der Waals surface area contributed by atoms with Gasteiger partial charge in [-0.15, -0.1) is 0 Å². The number of rotatable bonds is 0. The van der Waals surface area contributed by atoms with E-state index in [9.17, 15) is 5.11 Å². The molecule has 0 aliphatic rings. The van der Waals surface area contributed by atoms with Crippen molar-refractivity contribution in [1.29, 1.82) is 10.5 Å². The van der Waals surface area contributed by atoms with E-state index in [1.807, 2.05) is 0 Å². The Morgan fingerprint density at radius 1 is 1.43 bits per heavy atom. The van der Waals surface area contributed by atoms with Crippen LogP contribution in [0.5, 0.6) is 0 Å². The molecule has 0 aliphatic heterocycles. The summed E-state index contributed by atoms with van der Waals surface area (Å²) in [5.41, 5.74) is -2.06. The van der Waals surface area contributed by atoms with E-state index in [1.54, 1.807) is 0 Å². The lowest BCUT2D eigenvalue weighted by Gasteiger charge is -2.15. The molecule has 0 heterocycles. The third-order valence-corrected chi connectivity index (χ3v) is 0.427.